The Bertz CT molecular complexity index is 2730. The van der Waals surface area contributed by atoms with Crippen molar-refractivity contribution in [3.05, 3.63) is 54.6 Å². The van der Waals surface area contributed by atoms with Gasteiger partial charge >= 0.3 is 22.8 Å². The number of nitrogens with zero attached hydrogens (tertiary/aromatic N) is 4. The zero-order valence-electron chi connectivity index (χ0n) is 28.8. The Labute approximate surface area is 310 Å². The third-order valence-electron chi connectivity index (χ3n) is 6.35. The Morgan fingerprint density at radius 3 is 1.69 bits per heavy atom. The number of rotatable bonds is 12. The van der Waals surface area contributed by atoms with Gasteiger partial charge in [0.15, 0.2) is 9.84 Å². The minimum Gasteiger partial charge on any atom is -0.871 e. The second-order valence-electron chi connectivity index (χ2n) is 9.72. The maximum Gasteiger partial charge on any atom is 2.00 e. The fourth-order valence-corrected chi connectivity index (χ4v) is 7.37. The summed E-state index contributed by atoms with van der Waals surface area (Å²) >= 11 is 0. The van der Waals surface area contributed by atoms with Crippen molar-refractivity contribution in [2.75, 3.05) is 18.1 Å². The van der Waals surface area contributed by atoms with E-state index < -0.39 is 128 Å². The molecular formula is C24H19CuN5O17S5. The van der Waals surface area contributed by atoms with Gasteiger partial charge < -0.3 is 34.2 Å². The molecule has 283 valence electrons. The summed E-state index contributed by atoms with van der Waals surface area (Å²) in [6.45, 7) is -0.991. The Kier molecular flexibility index (Phi) is 12.2. The van der Waals surface area contributed by atoms with Gasteiger partial charge in [0.1, 0.15) is 36.0 Å². The molecule has 0 fully saturated rings. The first-order chi connectivity index (χ1) is 23.3. The minimum atomic E-state index is -5.67. The molecule has 0 aliphatic carbocycles. The summed E-state index contributed by atoms with van der Waals surface area (Å²) in [6, 6.07) is 6.41. The first-order valence-electron chi connectivity index (χ1n) is 12.8. The fraction of sp³-hybridized carbons (Fsp3) is 0.0833. The van der Waals surface area contributed by atoms with Gasteiger partial charge in [0.2, 0.25) is 10.4 Å². The van der Waals surface area contributed by atoms with Gasteiger partial charge in [0.25, 0.3) is 0 Å². The van der Waals surface area contributed by atoms with Crippen molar-refractivity contribution in [2.45, 2.75) is 19.6 Å². The molecule has 0 unspecified atom stereocenters. The van der Waals surface area contributed by atoms with Gasteiger partial charge in [-0.15, -0.1) is 10.2 Å². The molecule has 0 saturated carbocycles. The Morgan fingerprint density at radius 1 is 0.654 bits per heavy atom. The SMILES string of the molecule is Nc1c(N=Nc2ccc(S(=O)(=O)CCOS(=O)(=O)[O-])cc2)c(S(=O)(=O)[O-])cc2cc(S(=O)(=O)[O-])c(N=Nc3cc(S(=O)(=O)[O-])ccc3[O-])c([O-])c12.[Cu+2].[H+].[H+].[H+].[H+]. The van der Waals surface area contributed by atoms with Crippen molar-refractivity contribution in [3.8, 4) is 11.5 Å². The van der Waals surface area contributed by atoms with Gasteiger partial charge in [0.05, 0.1) is 54.7 Å². The molecule has 0 atom stereocenters. The van der Waals surface area contributed by atoms with Gasteiger partial charge in [0, 0.05) is 5.39 Å². The van der Waals surface area contributed by atoms with E-state index in [1.165, 1.54) is 0 Å². The first kappa shape index (κ1) is 42.2. The summed E-state index contributed by atoms with van der Waals surface area (Å²) in [5, 5.41) is 38.1. The number of hydrogen-bond donors (Lipinski definition) is 1. The van der Waals surface area contributed by atoms with Crippen LogP contribution >= 0.6 is 0 Å². The van der Waals surface area contributed by atoms with Gasteiger partial charge in [-0.1, -0.05) is 17.6 Å². The van der Waals surface area contributed by atoms with Crippen LogP contribution in [0.1, 0.15) is 5.71 Å². The molecule has 28 heteroatoms. The van der Waals surface area contributed by atoms with E-state index in [2.05, 4.69) is 24.6 Å². The number of benzene rings is 4. The molecule has 22 nitrogen and oxygen atoms in total. The molecule has 4 aromatic carbocycles. The molecule has 2 N–H and O–H groups in total. The van der Waals surface area contributed by atoms with Crippen molar-refractivity contribution in [2.24, 2.45) is 20.5 Å². The molecule has 0 aliphatic heterocycles. The molecule has 0 heterocycles. The largest absolute Gasteiger partial charge is 2.00 e. The van der Waals surface area contributed by atoms with E-state index in [1.807, 2.05) is 0 Å². The number of nitrogens with two attached hydrogens (primary N) is 1. The third kappa shape index (κ3) is 9.81. The normalized spacial score (nSPS) is 13.2. The molecule has 0 amide bonds. The Balaban J connectivity index is 0. The van der Waals surface area contributed by atoms with Crippen LogP contribution in [-0.2, 0) is 71.8 Å². The minimum absolute atomic E-state index is 0. The second kappa shape index (κ2) is 15.0. The van der Waals surface area contributed by atoms with Crippen LogP contribution in [-0.4, -0.2) is 72.7 Å². The standard InChI is InChI=1S/C24H21N5O17S5.Cu/c25-21-20-12(10-19(50(40,41)42)23(24(20)31)29-27-16-11-15(48(34,35)36)5-6-17(16)30)9-18(49(37,38)39)22(21)28-26-13-1-3-14(4-2-13)47(32,33)8-7-46-51(43,44)45;/h1-6,9-11,30-31H,7-8,25H2,(H,34,35,36)(H,37,38,39)(H,40,41,42)(H,43,44,45);/q;+2/p-2. The number of sulfone groups is 1. The molecule has 1 radical (unpaired) electrons. The summed E-state index contributed by atoms with van der Waals surface area (Å²) in [6.07, 6.45) is 0. The van der Waals surface area contributed by atoms with E-state index in [1.54, 1.807) is 0 Å². The van der Waals surface area contributed by atoms with Crippen molar-refractivity contribution in [1.29, 1.82) is 0 Å². The van der Waals surface area contributed by atoms with Crippen LogP contribution in [0.2, 0.25) is 0 Å². The van der Waals surface area contributed by atoms with E-state index in [4.69, 9.17) is 5.73 Å². The van der Waals surface area contributed by atoms with Gasteiger partial charge in [-0.25, -0.2) is 42.1 Å². The van der Waals surface area contributed by atoms with Gasteiger partial charge in [-0.3, -0.25) is 4.18 Å². The fourth-order valence-electron chi connectivity index (χ4n) is 4.10. The monoisotopic (exact) mass is 872 g/mol. The van der Waals surface area contributed by atoms with E-state index in [9.17, 15) is 70.5 Å². The van der Waals surface area contributed by atoms with Crippen molar-refractivity contribution in [1.82, 2.24) is 0 Å². The molecule has 0 aromatic heterocycles. The van der Waals surface area contributed by atoms with Crippen LogP contribution in [0.25, 0.3) is 10.8 Å². The van der Waals surface area contributed by atoms with Crippen LogP contribution in [0.15, 0.2) is 94.6 Å². The summed E-state index contributed by atoms with van der Waals surface area (Å²) in [7, 11) is -25.7. The van der Waals surface area contributed by atoms with Crippen molar-refractivity contribution >= 4 is 89.8 Å². The number of hydrogen-bond acceptors (Lipinski definition) is 22. The zero-order valence-corrected chi connectivity index (χ0v) is 29.8. The summed E-state index contributed by atoms with van der Waals surface area (Å²) in [5.74, 6) is -3.53. The predicted octanol–water partition coefficient (Wildman–Crippen LogP) is 0.810. The number of anilines is 1. The molecule has 0 spiro atoms. The van der Waals surface area contributed by atoms with E-state index in [0.717, 1.165) is 24.3 Å². The quantitative estimate of drug-likeness (QED) is 0.0676. The second-order valence-corrected chi connectivity index (χ2v) is 17.0. The molecule has 4 rings (SSSR count). The van der Waals surface area contributed by atoms with Crippen LogP contribution in [0, 0.1) is 0 Å². The van der Waals surface area contributed by atoms with Crippen LogP contribution < -0.4 is 15.9 Å². The number of azo groups is 2. The van der Waals surface area contributed by atoms with Gasteiger partial charge in [-0.2, -0.15) is 10.2 Å². The van der Waals surface area contributed by atoms with Crippen molar-refractivity contribution < 1.29 is 97.5 Å². The number of nitrogen functional groups attached to an aromatic ring is 1. The summed E-state index contributed by atoms with van der Waals surface area (Å²) in [4.78, 5) is -4.08. The molecule has 52 heavy (non-hydrogen) atoms. The zero-order chi connectivity index (χ0) is 38.3. The predicted molar refractivity (Wildman–Crippen MR) is 165 cm³/mol. The molecule has 0 bridgehead atoms. The van der Waals surface area contributed by atoms with Crippen LogP contribution in [0.4, 0.5) is 28.4 Å². The summed E-state index contributed by atoms with van der Waals surface area (Å²) in [5.41, 5.74) is 1.66. The van der Waals surface area contributed by atoms with E-state index in [0.29, 0.717) is 30.3 Å². The smallest absolute Gasteiger partial charge is 0.871 e. The molecule has 4 aromatic rings. The first-order valence-corrected chi connectivity index (χ1v) is 20.1. The molecule has 0 saturated heterocycles. The average Bonchev–Trinajstić information content (AvgIpc) is 2.98. The van der Waals surface area contributed by atoms with Crippen LogP contribution in [0.3, 0.4) is 0 Å². The third-order valence-corrected chi connectivity index (χ3v) is 11.0. The maximum atomic E-state index is 13.5. The van der Waals surface area contributed by atoms with E-state index >= 15 is 0 Å². The molecular weight excluding hydrogens is 854 g/mol. The van der Waals surface area contributed by atoms with Gasteiger partial charge in [-0.05, 0) is 53.9 Å². The van der Waals surface area contributed by atoms with E-state index in [-0.39, 0.29) is 28.5 Å². The molecule has 0 aliphatic rings. The topological polar surface area (TPSA) is 394 Å². The number of fused-ring (bicyclic) bond motifs is 1. The Morgan fingerprint density at radius 2 is 1.17 bits per heavy atom. The van der Waals surface area contributed by atoms with Crippen LogP contribution in [0.5, 0.6) is 11.5 Å². The Hall–Kier alpha value is -4.19. The average molecular weight is 873 g/mol. The maximum absolute atomic E-state index is 13.5. The van der Waals surface area contributed by atoms with Crippen molar-refractivity contribution in [3.63, 3.8) is 0 Å². The summed E-state index contributed by atoms with van der Waals surface area (Å²) < 4.78 is 167.